The van der Waals surface area contributed by atoms with Crippen molar-refractivity contribution in [2.75, 3.05) is 14.2 Å². The molecule has 12 heteroatoms. The number of rotatable bonds is 8. The lowest BCUT2D eigenvalue weighted by Crippen LogP contribution is -2.03. The van der Waals surface area contributed by atoms with Gasteiger partial charge < -0.3 is 9.47 Å². The van der Waals surface area contributed by atoms with Gasteiger partial charge in [-0.25, -0.2) is 0 Å². The smallest absolute Gasteiger partial charge is 0.416 e. The SMILES string of the molecule is COc1cc(/C=C(\C#N)c2ccc(-c3ccc(C(F)(F)F)cc3)s2)c(OC)cc1/C=C(\C#N)c1ccc(-c2ccc(C(F)(F)F)cc2)s1. The minimum absolute atomic E-state index is 0.286. The van der Waals surface area contributed by atoms with Gasteiger partial charge in [-0.1, -0.05) is 24.3 Å². The molecule has 5 rings (SSSR count). The number of nitrogens with zero attached hydrogens (tertiary/aromatic N) is 2. The van der Waals surface area contributed by atoms with Crippen LogP contribution in [0.25, 0.3) is 44.2 Å². The molecule has 0 fully saturated rings. The van der Waals surface area contributed by atoms with E-state index in [0.717, 1.165) is 24.3 Å². The third-order valence-electron chi connectivity index (χ3n) is 7.16. The fourth-order valence-corrected chi connectivity index (χ4v) is 6.68. The molecule has 48 heavy (non-hydrogen) atoms. The van der Waals surface area contributed by atoms with Crippen molar-refractivity contribution in [1.82, 2.24) is 0 Å². The number of allylic oxidation sites excluding steroid dienone is 2. The van der Waals surface area contributed by atoms with E-state index in [4.69, 9.17) is 9.47 Å². The quantitative estimate of drug-likeness (QED) is 0.120. The van der Waals surface area contributed by atoms with Crippen LogP contribution in [0.15, 0.2) is 84.9 Å². The van der Waals surface area contributed by atoms with Crippen molar-refractivity contribution in [2.45, 2.75) is 12.4 Å². The Morgan fingerprint density at radius 1 is 0.583 bits per heavy atom. The van der Waals surface area contributed by atoms with Gasteiger partial charge >= 0.3 is 12.4 Å². The molecular weight excluding hydrogens is 671 g/mol. The maximum atomic E-state index is 13.0. The van der Waals surface area contributed by atoms with Gasteiger partial charge in [-0.2, -0.15) is 36.9 Å². The summed E-state index contributed by atoms with van der Waals surface area (Å²) in [5, 5.41) is 20.0. The van der Waals surface area contributed by atoms with Gasteiger partial charge in [0.15, 0.2) is 0 Å². The number of thiophene rings is 2. The highest BCUT2D eigenvalue weighted by molar-refractivity contribution is 7.17. The minimum atomic E-state index is -4.44. The Labute approximate surface area is 279 Å². The Kier molecular flexibility index (Phi) is 9.80. The first-order chi connectivity index (χ1) is 22.8. The highest BCUT2D eigenvalue weighted by Crippen LogP contribution is 2.39. The van der Waals surface area contributed by atoms with Gasteiger partial charge in [0, 0.05) is 30.6 Å². The summed E-state index contributed by atoms with van der Waals surface area (Å²) in [5.41, 5.74) is 1.25. The van der Waals surface area contributed by atoms with Crippen LogP contribution >= 0.6 is 22.7 Å². The number of hydrogen-bond acceptors (Lipinski definition) is 6. The number of benzene rings is 3. The van der Waals surface area contributed by atoms with Crippen LogP contribution < -0.4 is 9.47 Å². The van der Waals surface area contributed by atoms with Crippen LogP contribution in [0, 0.1) is 22.7 Å². The van der Waals surface area contributed by atoms with Crippen LogP contribution in [0.1, 0.15) is 32.0 Å². The summed E-state index contributed by atoms with van der Waals surface area (Å²) < 4.78 is 89.1. The molecule has 0 aliphatic heterocycles. The average Bonchev–Trinajstić information content (AvgIpc) is 3.77. The third-order valence-corrected chi connectivity index (χ3v) is 9.49. The number of ether oxygens (including phenoxy) is 2. The van der Waals surface area contributed by atoms with Gasteiger partial charge in [-0.3, -0.25) is 0 Å². The van der Waals surface area contributed by atoms with Crippen molar-refractivity contribution < 1.29 is 35.8 Å². The molecule has 0 spiro atoms. The normalized spacial score (nSPS) is 12.4. The second kappa shape index (κ2) is 13.8. The second-order valence-electron chi connectivity index (χ2n) is 10.2. The molecule has 0 atom stereocenters. The van der Waals surface area contributed by atoms with Crippen molar-refractivity contribution in [3.8, 4) is 44.5 Å². The standard InChI is InChI=1S/C36H22F6N2O2S2/c1-45-29-17-24(16-26(20-44)34-14-12-32(48-34)22-5-9-28(10-6-22)36(40,41)42)30(46-2)18-23(29)15-25(19-43)33-13-11-31(47-33)21-3-7-27(8-4-21)35(37,38)39/h3-18H,1-2H3/b25-15+,26-16+. The topological polar surface area (TPSA) is 66.0 Å². The van der Waals surface area contributed by atoms with Crippen LogP contribution in [0.3, 0.4) is 0 Å². The second-order valence-corrected chi connectivity index (χ2v) is 12.3. The van der Waals surface area contributed by atoms with Gasteiger partial charge in [0.05, 0.1) is 36.5 Å². The van der Waals surface area contributed by atoms with Gasteiger partial charge in [0.1, 0.15) is 23.6 Å². The van der Waals surface area contributed by atoms with Gasteiger partial charge in [0.2, 0.25) is 0 Å². The van der Waals surface area contributed by atoms with Crippen molar-refractivity contribution in [3.63, 3.8) is 0 Å². The molecule has 0 radical (unpaired) electrons. The Balaban J connectivity index is 1.44. The molecular formula is C36H22F6N2O2S2. The largest absolute Gasteiger partial charge is 0.496 e. The first-order valence-corrected chi connectivity index (χ1v) is 15.5. The fourth-order valence-electron chi connectivity index (χ4n) is 4.72. The van der Waals surface area contributed by atoms with E-state index in [1.165, 1.54) is 61.2 Å². The van der Waals surface area contributed by atoms with Crippen molar-refractivity contribution in [1.29, 1.82) is 10.5 Å². The van der Waals surface area contributed by atoms with E-state index >= 15 is 0 Å². The number of hydrogen-bond donors (Lipinski definition) is 0. The predicted octanol–water partition coefficient (Wildman–Crippen LogP) is 11.3. The summed E-state index contributed by atoms with van der Waals surface area (Å²) in [6.45, 7) is 0. The van der Waals surface area contributed by atoms with Gasteiger partial charge in [-0.15, -0.1) is 22.7 Å². The molecule has 5 aromatic rings. The van der Waals surface area contributed by atoms with Crippen molar-refractivity contribution in [2.24, 2.45) is 0 Å². The van der Waals surface area contributed by atoms with E-state index in [0.29, 0.717) is 53.3 Å². The summed E-state index contributed by atoms with van der Waals surface area (Å²) in [6.07, 6.45) is -5.66. The molecule has 0 unspecified atom stereocenters. The monoisotopic (exact) mass is 692 g/mol. The van der Waals surface area contributed by atoms with Crippen molar-refractivity contribution in [3.05, 3.63) is 117 Å². The van der Waals surface area contributed by atoms with Crippen LogP contribution in [-0.2, 0) is 12.4 Å². The first-order valence-electron chi connectivity index (χ1n) is 13.9. The van der Waals surface area contributed by atoms with E-state index in [-0.39, 0.29) is 11.1 Å². The predicted molar refractivity (Wildman–Crippen MR) is 176 cm³/mol. The van der Waals surface area contributed by atoms with Crippen LogP contribution in [0.2, 0.25) is 0 Å². The zero-order chi connectivity index (χ0) is 34.6. The first kappa shape index (κ1) is 34.0. The Morgan fingerprint density at radius 2 is 0.938 bits per heavy atom. The lowest BCUT2D eigenvalue weighted by molar-refractivity contribution is -0.138. The summed E-state index contributed by atoms with van der Waals surface area (Å²) in [5.74, 6) is 0.756. The van der Waals surface area contributed by atoms with E-state index in [2.05, 4.69) is 12.1 Å². The molecule has 242 valence electrons. The molecule has 0 N–H and O–H groups in total. The summed E-state index contributed by atoms with van der Waals surface area (Å²) in [6, 6.07) is 24.1. The summed E-state index contributed by atoms with van der Waals surface area (Å²) >= 11 is 2.50. The maximum absolute atomic E-state index is 13.0. The minimum Gasteiger partial charge on any atom is -0.496 e. The van der Waals surface area contributed by atoms with Crippen LogP contribution in [0.4, 0.5) is 26.3 Å². The van der Waals surface area contributed by atoms with E-state index in [1.54, 1.807) is 48.6 Å². The molecule has 3 aromatic carbocycles. The van der Waals surface area contributed by atoms with E-state index < -0.39 is 23.5 Å². The number of methoxy groups -OCH3 is 2. The molecule has 0 aliphatic carbocycles. The van der Waals surface area contributed by atoms with Gasteiger partial charge in [0.25, 0.3) is 0 Å². The summed E-state index contributed by atoms with van der Waals surface area (Å²) in [7, 11) is 2.90. The highest BCUT2D eigenvalue weighted by atomic mass is 32.1. The molecule has 0 bridgehead atoms. The molecule has 0 saturated heterocycles. The fraction of sp³-hybridized carbons (Fsp3) is 0.111. The molecule has 4 nitrogen and oxygen atoms in total. The Morgan fingerprint density at radius 3 is 1.23 bits per heavy atom. The van der Waals surface area contributed by atoms with E-state index in [9.17, 15) is 36.9 Å². The number of halogens is 6. The zero-order valence-electron chi connectivity index (χ0n) is 25.0. The highest BCUT2D eigenvalue weighted by Gasteiger charge is 2.31. The molecule has 0 amide bonds. The molecule has 2 aromatic heterocycles. The lowest BCUT2D eigenvalue weighted by Gasteiger charge is -2.12. The van der Waals surface area contributed by atoms with Gasteiger partial charge in [-0.05, 0) is 83.9 Å². The Hall–Kier alpha value is -5.30. The average molecular weight is 693 g/mol. The lowest BCUT2D eigenvalue weighted by atomic mass is 10.0. The maximum Gasteiger partial charge on any atom is 0.416 e. The Bertz CT molecular complexity index is 1940. The van der Waals surface area contributed by atoms with Crippen LogP contribution in [-0.4, -0.2) is 14.2 Å². The zero-order valence-corrected chi connectivity index (χ0v) is 26.7. The molecule has 0 aliphatic rings. The molecule has 0 saturated carbocycles. The summed E-state index contributed by atoms with van der Waals surface area (Å²) in [4.78, 5) is 2.55. The molecule has 2 heterocycles. The number of nitriles is 2. The van der Waals surface area contributed by atoms with E-state index in [1.807, 2.05) is 0 Å². The van der Waals surface area contributed by atoms with Crippen LogP contribution in [0.5, 0.6) is 11.5 Å². The number of alkyl halides is 6. The third kappa shape index (κ3) is 7.46. The van der Waals surface area contributed by atoms with Crippen molar-refractivity contribution >= 4 is 46.0 Å².